The molecule has 1 aliphatic heterocycles. The Hall–Kier alpha value is -2.65. The number of H-pyrrole nitrogens is 1. The van der Waals surface area contributed by atoms with E-state index in [1.165, 1.54) is 0 Å². The third kappa shape index (κ3) is 3.03. The van der Waals surface area contributed by atoms with E-state index in [1.54, 1.807) is 0 Å². The van der Waals surface area contributed by atoms with Gasteiger partial charge in [0, 0.05) is 13.0 Å². The average Bonchev–Trinajstić information content (AvgIpc) is 3.05. The van der Waals surface area contributed by atoms with Crippen LogP contribution in [0.1, 0.15) is 35.4 Å². The van der Waals surface area contributed by atoms with E-state index in [2.05, 4.69) is 9.97 Å². The highest BCUT2D eigenvalue weighted by Gasteiger charge is 2.28. The van der Waals surface area contributed by atoms with Crippen LogP contribution < -0.4 is 10.5 Å². The molecule has 0 spiro atoms. The number of nitrogens with one attached hydrogen (secondary N) is 1. The summed E-state index contributed by atoms with van der Waals surface area (Å²) in [5.41, 5.74) is 1.80. The van der Waals surface area contributed by atoms with Gasteiger partial charge in [-0.3, -0.25) is 4.79 Å². The number of aromatic amines is 1. The number of aliphatic hydroxyl groups is 1. The molecule has 0 unspecified atom stereocenters. The average molecular weight is 324 g/mol. The molecule has 6 nitrogen and oxygen atoms in total. The summed E-state index contributed by atoms with van der Waals surface area (Å²) in [6, 6.07) is 9.81. The Morgan fingerprint density at radius 2 is 2.25 bits per heavy atom. The fourth-order valence-corrected chi connectivity index (χ4v) is 3.19. The third-order valence-electron chi connectivity index (χ3n) is 4.54. The van der Waals surface area contributed by atoms with E-state index in [9.17, 15) is 15.2 Å². The Labute approximate surface area is 140 Å². The summed E-state index contributed by atoms with van der Waals surface area (Å²) in [6.07, 6.45) is 2.25. The van der Waals surface area contributed by atoms with Gasteiger partial charge >= 0.3 is 0 Å². The predicted molar refractivity (Wildman–Crippen MR) is 91.0 cm³/mol. The van der Waals surface area contributed by atoms with Crippen LogP contribution in [0.2, 0.25) is 0 Å². The molecule has 24 heavy (non-hydrogen) atoms. The number of benzene rings is 1. The van der Waals surface area contributed by atoms with Crippen molar-refractivity contribution in [2.75, 3.05) is 18.1 Å². The van der Waals surface area contributed by atoms with E-state index in [0.29, 0.717) is 24.6 Å². The maximum Gasteiger partial charge on any atom is 0.271 e. The molecule has 1 atom stereocenters. The number of hydrogen-bond donors (Lipinski definition) is 2. The second-order valence-electron chi connectivity index (χ2n) is 6.10. The molecule has 2 heterocycles. The Morgan fingerprint density at radius 3 is 2.96 bits per heavy atom. The first-order valence-electron chi connectivity index (χ1n) is 8.09. The van der Waals surface area contributed by atoms with E-state index < -0.39 is 5.56 Å². The first kappa shape index (κ1) is 16.2. The molecule has 1 saturated heterocycles. The molecule has 124 valence electrons. The largest absolute Gasteiger partial charge is 0.394 e. The lowest BCUT2D eigenvalue weighted by atomic mass is 10.1. The number of aryl methyl sites for hydroxylation is 1. The number of hydrogen-bond acceptors (Lipinski definition) is 5. The second-order valence-corrected chi connectivity index (χ2v) is 6.10. The molecule has 2 aromatic rings. The highest BCUT2D eigenvalue weighted by Crippen LogP contribution is 2.25. The van der Waals surface area contributed by atoms with Crippen LogP contribution >= 0.6 is 0 Å². The molecule has 0 bridgehead atoms. The van der Waals surface area contributed by atoms with Crippen molar-refractivity contribution in [3.8, 4) is 6.07 Å². The van der Waals surface area contributed by atoms with Gasteiger partial charge in [-0.25, -0.2) is 4.98 Å². The van der Waals surface area contributed by atoms with Crippen LogP contribution in [0.15, 0.2) is 29.1 Å². The molecule has 2 N–H and O–H groups in total. The monoisotopic (exact) mass is 324 g/mol. The fraction of sp³-hybridized carbons (Fsp3) is 0.389. The number of aromatic nitrogens is 2. The molecule has 6 heteroatoms. The van der Waals surface area contributed by atoms with Crippen molar-refractivity contribution >= 4 is 5.82 Å². The van der Waals surface area contributed by atoms with Crippen molar-refractivity contribution in [1.82, 2.24) is 9.97 Å². The summed E-state index contributed by atoms with van der Waals surface area (Å²) >= 11 is 0. The lowest BCUT2D eigenvalue weighted by molar-refractivity contribution is 0.266. The second kappa shape index (κ2) is 6.85. The SMILES string of the molecule is Cc1ccccc1Cc1nc(N2CCC[C@H]2CO)c(C#N)c(=O)[nH]1. The highest BCUT2D eigenvalue weighted by molar-refractivity contribution is 5.54. The summed E-state index contributed by atoms with van der Waals surface area (Å²) in [7, 11) is 0. The molecule has 1 aliphatic rings. The van der Waals surface area contributed by atoms with E-state index in [-0.39, 0.29) is 18.2 Å². The van der Waals surface area contributed by atoms with E-state index in [4.69, 9.17) is 0 Å². The molecule has 0 saturated carbocycles. The molecule has 3 rings (SSSR count). The number of nitriles is 1. The molecule has 0 amide bonds. The number of anilines is 1. The molecule has 1 aromatic heterocycles. The zero-order valence-corrected chi connectivity index (χ0v) is 13.6. The van der Waals surface area contributed by atoms with Gasteiger partial charge in [-0.1, -0.05) is 24.3 Å². The topological polar surface area (TPSA) is 93.0 Å². The maximum absolute atomic E-state index is 12.3. The normalized spacial score (nSPS) is 17.0. The van der Waals surface area contributed by atoms with Crippen LogP contribution in [0.4, 0.5) is 5.82 Å². The van der Waals surface area contributed by atoms with Crippen molar-refractivity contribution in [2.24, 2.45) is 0 Å². The summed E-state index contributed by atoms with van der Waals surface area (Å²) < 4.78 is 0. The third-order valence-corrected chi connectivity index (χ3v) is 4.54. The van der Waals surface area contributed by atoms with Crippen LogP contribution in [0.25, 0.3) is 0 Å². The molecular weight excluding hydrogens is 304 g/mol. The lowest BCUT2D eigenvalue weighted by Crippen LogP contribution is -2.35. The van der Waals surface area contributed by atoms with Gasteiger partial charge in [0.25, 0.3) is 5.56 Å². The van der Waals surface area contributed by atoms with E-state index in [0.717, 1.165) is 24.0 Å². The van der Waals surface area contributed by atoms with E-state index >= 15 is 0 Å². The standard InChI is InChI=1S/C18H20N4O2/c1-12-5-2-3-6-13(12)9-16-20-17(15(10-19)18(24)21-16)22-8-4-7-14(22)11-23/h2-3,5-6,14,23H,4,7-9,11H2,1H3,(H,20,21,24)/t14-/m0/s1. The van der Waals surface area contributed by atoms with E-state index in [1.807, 2.05) is 42.2 Å². The molecule has 1 fully saturated rings. The Bertz CT molecular complexity index is 838. The first-order chi connectivity index (χ1) is 11.6. The molecule has 0 aliphatic carbocycles. The van der Waals surface area contributed by atoms with Crippen LogP contribution in [0.3, 0.4) is 0 Å². The van der Waals surface area contributed by atoms with Crippen molar-refractivity contribution in [3.63, 3.8) is 0 Å². The maximum atomic E-state index is 12.3. The van der Waals surface area contributed by atoms with Gasteiger partial charge in [-0.2, -0.15) is 5.26 Å². The smallest absolute Gasteiger partial charge is 0.271 e. The number of rotatable bonds is 4. The molecule has 1 aromatic carbocycles. The zero-order valence-electron chi connectivity index (χ0n) is 13.6. The van der Waals surface area contributed by atoms with Gasteiger partial charge in [-0.05, 0) is 30.9 Å². The highest BCUT2D eigenvalue weighted by atomic mass is 16.3. The molecular formula is C18H20N4O2. The van der Waals surface area contributed by atoms with Crippen LogP contribution in [0.5, 0.6) is 0 Å². The zero-order chi connectivity index (χ0) is 17.1. The van der Waals surface area contributed by atoms with Crippen LogP contribution in [-0.2, 0) is 6.42 Å². The van der Waals surface area contributed by atoms with Gasteiger partial charge in [0.05, 0.1) is 12.6 Å². The van der Waals surface area contributed by atoms with Gasteiger partial charge in [0.2, 0.25) is 0 Å². The summed E-state index contributed by atoms with van der Waals surface area (Å²) in [6.45, 7) is 2.70. The Morgan fingerprint density at radius 1 is 1.46 bits per heavy atom. The van der Waals surface area contributed by atoms with Gasteiger partial charge in [-0.15, -0.1) is 0 Å². The summed E-state index contributed by atoms with van der Waals surface area (Å²) in [4.78, 5) is 21.5. The van der Waals surface area contributed by atoms with Crippen molar-refractivity contribution < 1.29 is 5.11 Å². The van der Waals surface area contributed by atoms with Gasteiger partial charge in [0.1, 0.15) is 11.9 Å². The minimum atomic E-state index is -0.422. The first-order valence-corrected chi connectivity index (χ1v) is 8.09. The van der Waals surface area contributed by atoms with Crippen molar-refractivity contribution in [2.45, 2.75) is 32.2 Å². The minimum absolute atomic E-state index is 0.00747. The van der Waals surface area contributed by atoms with Crippen molar-refractivity contribution in [3.05, 3.63) is 57.1 Å². The predicted octanol–water partition coefficient (Wildman–Crippen LogP) is 1.50. The van der Waals surface area contributed by atoms with Gasteiger partial charge < -0.3 is 15.0 Å². The van der Waals surface area contributed by atoms with Crippen molar-refractivity contribution in [1.29, 1.82) is 5.26 Å². The summed E-state index contributed by atoms with van der Waals surface area (Å²) in [5.74, 6) is 0.924. The fourth-order valence-electron chi connectivity index (χ4n) is 3.19. The van der Waals surface area contributed by atoms with Crippen LogP contribution in [0, 0.1) is 18.3 Å². The number of nitrogens with zero attached hydrogens (tertiary/aromatic N) is 3. The summed E-state index contributed by atoms with van der Waals surface area (Å²) in [5, 5.41) is 18.9. The Balaban J connectivity index is 2.02. The lowest BCUT2D eigenvalue weighted by Gasteiger charge is -2.25. The Kier molecular flexibility index (Phi) is 4.63. The number of aliphatic hydroxyl groups excluding tert-OH is 1. The van der Waals surface area contributed by atoms with Gasteiger partial charge in [0.15, 0.2) is 11.4 Å². The quantitative estimate of drug-likeness (QED) is 0.889. The van der Waals surface area contributed by atoms with Crippen LogP contribution in [-0.4, -0.2) is 34.3 Å². The minimum Gasteiger partial charge on any atom is -0.394 e. The molecule has 0 radical (unpaired) electrons.